The molecule has 0 saturated heterocycles. The van der Waals surface area contributed by atoms with E-state index in [-0.39, 0.29) is 23.8 Å². The summed E-state index contributed by atoms with van der Waals surface area (Å²) in [5.74, 6) is -0.985. The van der Waals surface area contributed by atoms with Crippen molar-refractivity contribution in [1.29, 1.82) is 0 Å². The van der Waals surface area contributed by atoms with E-state index >= 15 is 0 Å². The van der Waals surface area contributed by atoms with Crippen LogP contribution in [0.15, 0.2) is 54.6 Å². The predicted molar refractivity (Wildman–Crippen MR) is 119 cm³/mol. The fraction of sp³-hybridized carbons (Fsp3) is 0.440. The molecule has 0 bridgehead atoms. The number of aliphatic hydroxyl groups is 2. The van der Waals surface area contributed by atoms with E-state index in [1.807, 2.05) is 30.3 Å². The van der Waals surface area contributed by atoms with Crippen molar-refractivity contribution in [3.63, 3.8) is 0 Å². The molecule has 3 rings (SSSR count). The molecule has 1 aliphatic carbocycles. The maximum atomic E-state index is 14.1. The van der Waals surface area contributed by atoms with Gasteiger partial charge in [-0.05, 0) is 36.5 Å². The molecule has 2 amide bonds. The zero-order valence-electron chi connectivity index (χ0n) is 18.5. The highest BCUT2D eigenvalue weighted by molar-refractivity contribution is 5.79. The van der Waals surface area contributed by atoms with Gasteiger partial charge >= 0.3 is 0 Å². The van der Waals surface area contributed by atoms with Crippen LogP contribution in [-0.2, 0) is 21.4 Å². The van der Waals surface area contributed by atoms with Crippen molar-refractivity contribution in [3.05, 3.63) is 71.5 Å². The first-order valence-electron chi connectivity index (χ1n) is 10.9. The molecule has 0 aliphatic heterocycles. The highest BCUT2D eigenvalue weighted by Gasteiger charge is 2.44. The highest BCUT2D eigenvalue weighted by atomic mass is 19.1. The number of likely N-dealkylation sites (N-methyl/N-ethyl adjacent to an activating group) is 1. The average Bonchev–Trinajstić information content (AvgIpc) is 2.91. The van der Waals surface area contributed by atoms with Crippen LogP contribution in [0, 0.1) is 5.82 Å². The van der Waals surface area contributed by atoms with Crippen LogP contribution in [0.3, 0.4) is 0 Å². The second-order valence-electron chi connectivity index (χ2n) is 8.70. The molecule has 1 fully saturated rings. The minimum Gasteiger partial charge on any atom is -0.390 e. The van der Waals surface area contributed by atoms with E-state index in [9.17, 15) is 24.2 Å². The summed E-state index contributed by atoms with van der Waals surface area (Å²) in [6, 6.07) is 15.0. The number of rotatable bonds is 6. The van der Waals surface area contributed by atoms with Crippen molar-refractivity contribution in [2.75, 3.05) is 13.6 Å². The fourth-order valence-corrected chi connectivity index (χ4v) is 4.57. The number of hydrogen-bond acceptors (Lipinski definition) is 4. The lowest BCUT2D eigenvalue weighted by molar-refractivity contribution is -0.136. The molecule has 1 aliphatic rings. The Kier molecular flexibility index (Phi) is 7.64. The van der Waals surface area contributed by atoms with E-state index in [2.05, 4.69) is 5.32 Å². The molecule has 32 heavy (non-hydrogen) atoms. The highest BCUT2D eigenvalue weighted by Crippen LogP contribution is 2.40. The molecule has 0 radical (unpaired) electrons. The van der Waals surface area contributed by atoms with E-state index < -0.39 is 29.5 Å². The normalized spacial score (nSPS) is 25.6. The molecule has 7 heteroatoms. The largest absolute Gasteiger partial charge is 0.390 e. The van der Waals surface area contributed by atoms with Gasteiger partial charge in [0.1, 0.15) is 11.9 Å². The standard InChI is InChI=1S/C25H31FN2O4/c1-17(29)27-16-25(19-9-4-3-5-10-19)13-12-22(30)24(32)21(15-25)28(2)23(31)14-18-8-6-7-11-20(18)26/h3-11,21-22,24,30,32H,12-16H2,1-2H3,(H,27,29)/t21-,22-,24+,25+/m0/s1. The smallest absolute Gasteiger partial charge is 0.227 e. The Morgan fingerprint density at radius 2 is 1.78 bits per heavy atom. The Labute approximate surface area is 188 Å². The number of carbonyl (C=O) groups is 2. The Hall–Kier alpha value is -2.77. The molecule has 2 aromatic carbocycles. The van der Waals surface area contributed by atoms with Gasteiger partial charge in [-0.15, -0.1) is 0 Å². The minimum atomic E-state index is -1.16. The third-order valence-electron chi connectivity index (χ3n) is 6.56. The molecular formula is C25H31FN2O4. The third-order valence-corrected chi connectivity index (χ3v) is 6.56. The molecule has 0 aromatic heterocycles. The van der Waals surface area contributed by atoms with Crippen molar-refractivity contribution < 1.29 is 24.2 Å². The Balaban J connectivity index is 1.92. The van der Waals surface area contributed by atoms with E-state index in [1.165, 1.54) is 17.9 Å². The number of hydrogen-bond donors (Lipinski definition) is 3. The molecule has 1 saturated carbocycles. The lowest BCUT2D eigenvalue weighted by atomic mass is 9.73. The summed E-state index contributed by atoms with van der Waals surface area (Å²) in [6.45, 7) is 1.76. The second kappa shape index (κ2) is 10.2. The van der Waals surface area contributed by atoms with Gasteiger partial charge in [-0.1, -0.05) is 48.5 Å². The van der Waals surface area contributed by atoms with Crippen molar-refractivity contribution in [2.24, 2.45) is 0 Å². The quantitative estimate of drug-likeness (QED) is 0.598. The number of nitrogens with zero attached hydrogens (tertiary/aromatic N) is 1. The Morgan fingerprint density at radius 1 is 1.12 bits per heavy atom. The van der Waals surface area contributed by atoms with Crippen molar-refractivity contribution >= 4 is 11.8 Å². The molecule has 0 heterocycles. The van der Waals surface area contributed by atoms with Gasteiger partial charge in [0.15, 0.2) is 0 Å². The zero-order valence-corrected chi connectivity index (χ0v) is 18.5. The van der Waals surface area contributed by atoms with Crippen molar-refractivity contribution in [3.8, 4) is 0 Å². The van der Waals surface area contributed by atoms with Gasteiger partial charge in [-0.2, -0.15) is 0 Å². The maximum absolute atomic E-state index is 14.1. The van der Waals surface area contributed by atoms with Gasteiger partial charge in [0.05, 0.1) is 18.6 Å². The van der Waals surface area contributed by atoms with Crippen LogP contribution in [0.2, 0.25) is 0 Å². The summed E-state index contributed by atoms with van der Waals surface area (Å²) in [7, 11) is 1.57. The Bertz CT molecular complexity index is 939. The van der Waals surface area contributed by atoms with E-state index in [4.69, 9.17) is 0 Å². The summed E-state index contributed by atoms with van der Waals surface area (Å²) < 4.78 is 14.1. The van der Waals surface area contributed by atoms with E-state index in [0.29, 0.717) is 25.8 Å². The molecule has 0 unspecified atom stereocenters. The first-order chi connectivity index (χ1) is 15.2. The molecule has 0 spiro atoms. The lowest BCUT2D eigenvalue weighted by Gasteiger charge is -2.39. The summed E-state index contributed by atoms with van der Waals surface area (Å²) in [6.07, 6.45) is -1.14. The number of halogens is 1. The van der Waals surface area contributed by atoms with Crippen LogP contribution in [0.4, 0.5) is 4.39 Å². The first-order valence-corrected chi connectivity index (χ1v) is 10.9. The maximum Gasteiger partial charge on any atom is 0.227 e. The molecule has 4 atom stereocenters. The number of nitrogens with one attached hydrogen (secondary N) is 1. The molecule has 3 N–H and O–H groups in total. The monoisotopic (exact) mass is 442 g/mol. The van der Waals surface area contributed by atoms with E-state index in [0.717, 1.165) is 5.56 Å². The van der Waals surface area contributed by atoms with Gasteiger partial charge in [-0.25, -0.2) is 4.39 Å². The third kappa shape index (κ3) is 5.34. The summed E-state index contributed by atoms with van der Waals surface area (Å²) >= 11 is 0. The van der Waals surface area contributed by atoms with Crippen LogP contribution in [0.1, 0.15) is 37.3 Å². The second-order valence-corrected chi connectivity index (χ2v) is 8.70. The fourth-order valence-electron chi connectivity index (χ4n) is 4.57. The summed E-state index contributed by atoms with van der Waals surface area (Å²) in [5, 5.41) is 24.4. The lowest BCUT2D eigenvalue weighted by Crippen LogP contribution is -2.52. The predicted octanol–water partition coefficient (Wildman–Crippen LogP) is 2.17. The number of amides is 2. The summed E-state index contributed by atoms with van der Waals surface area (Å²) in [4.78, 5) is 26.2. The van der Waals surface area contributed by atoms with Crippen LogP contribution >= 0.6 is 0 Å². The van der Waals surface area contributed by atoms with Crippen molar-refractivity contribution in [2.45, 2.75) is 56.3 Å². The minimum absolute atomic E-state index is 0.146. The topological polar surface area (TPSA) is 89.9 Å². The zero-order chi connectivity index (χ0) is 23.3. The van der Waals surface area contributed by atoms with Gasteiger partial charge < -0.3 is 20.4 Å². The van der Waals surface area contributed by atoms with Gasteiger partial charge in [0, 0.05) is 25.9 Å². The van der Waals surface area contributed by atoms with Crippen LogP contribution < -0.4 is 5.32 Å². The number of benzene rings is 2. The number of aliphatic hydroxyl groups excluding tert-OH is 2. The molecule has 2 aromatic rings. The Morgan fingerprint density at radius 3 is 2.44 bits per heavy atom. The van der Waals surface area contributed by atoms with Crippen molar-refractivity contribution in [1.82, 2.24) is 10.2 Å². The van der Waals surface area contributed by atoms with Crippen LogP contribution in [-0.4, -0.2) is 58.8 Å². The van der Waals surface area contributed by atoms with E-state index in [1.54, 1.807) is 25.2 Å². The van der Waals surface area contributed by atoms with Gasteiger partial charge in [0.25, 0.3) is 0 Å². The SMILES string of the molecule is CC(=O)NC[C@@]1(c2ccccc2)CC[C@H](O)[C@H](O)[C@@H](N(C)C(=O)Cc2ccccc2F)C1. The average molecular weight is 443 g/mol. The van der Waals surface area contributed by atoms with Crippen LogP contribution in [0.25, 0.3) is 0 Å². The van der Waals surface area contributed by atoms with Gasteiger partial charge in [-0.3, -0.25) is 9.59 Å². The first kappa shape index (κ1) is 23.9. The van der Waals surface area contributed by atoms with Crippen LogP contribution in [0.5, 0.6) is 0 Å². The number of carbonyl (C=O) groups excluding carboxylic acids is 2. The molecule has 172 valence electrons. The summed E-state index contributed by atoms with van der Waals surface area (Å²) in [5.41, 5.74) is 0.665. The molecular weight excluding hydrogens is 411 g/mol. The van der Waals surface area contributed by atoms with Gasteiger partial charge in [0.2, 0.25) is 11.8 Å². The molecule has 6 nitrogen and oxygen atoms in total.